The number of allylic oxidation sites excluding steroid dienone is 1. The molecule has 21 heavy (non-hydrogen) atoms. The lowest BCUT2D eigenvalue weighted by Gasteiger charge is -2.16. The Morgan fingerprint density at radius 2 is 1.43 bits per heavy atom. The summed E-state index contributed by atoms with van der Waals surface area (Å²) >= 11 is 0. The normalized spacial score (nSPS) is 14.2. The van der Waals surface area contributed by atoms with Crippen LogP contribution in [-0.4, -0.2) is 11.6 Å². The fourth-order valence-corrected chi connectivity index (χ4v) is 2.21. The van der Waals surface area contributed by atoms with E-state index < -0.39 is 5.91 Å². The summed E-state index contributed by atoms with van der Waals surface area (Å²) < 4.78 is 0. The van der Waals surface area contributed by atoms with Crippen LogP contribution in [0.1, 0.15) is 11.1 Å². The smallest absolute Gasteiger partial charge is 0.264 e. The maximum absolute atomic E-state index is 11.8. The van der Waals surface area contributed by atoms with Gasteiger partial charge in [0.15, 0.2) is 0 Å². The van der Waals surface area contributed by atoms with E-state index in [1.54, 1.807) is 0 Å². The highest BCUT2D eigenvalue weighted by Crippen LogP contribution is 2.26. The van der Waals surface area contributed by atoms with Crippen molar-refractivity contribution in [2.45, 2.75) is 0 Å². The van der Waals surface area contributed by atoms with E-state index in [9.17, 15) is 10.1 Å². The zero-order valence-corrected chi connectivity index (χ0v) is 11.0. The SMILES string of the molecule is N#CC1=C(c2ccccc2)C(c2ccccc2)=N[N]C1=O. The molecule has 0 saturated heterocycles. The number of carbonyl (C=O) groups excluding carboxylic acids is 1. The first-order valence-corrected chi connectivity index (χ1v) is 6.40. The van der Waals surface area contributed by atoms with Crippen molar-refractivity contribution in [1.29, 1.82) is 5.26 Å². The van der Waals surface area contributed by atoms with Crippen LogP contribution in [0.5, 0.6) is 0 Å². The van der Waals surface area contributed by atoms with Gasteiger partial charge in [-0.15, -0.1) is 10.5 Å². The molecule has 1 amide bonds. The van der Waals surface area contributed by atoms with Crippen molar-refractivity contribution < 1.29 is 4.79 Å². The Labute approximate surface area is 122 Å². The van der Waals surface area contributed by atoms with Crippen LogP contribution in [0.15, 0.2) is 71.3 Å². The molecule has 4 nitrogen and oxygen atoms in total. The van der Waals surface area contributed by atoms with Gasteiger partial charge in [-0.25, -0.2) is 0 Å². The average molecular weight is 272 g/mol. The molecule has 2 aromatic carbocycles. The quantitative estimate of drug-likeness (QED) is 0.843. The number of nitrogens with zero attached hydrogens (tertiary/aromatic N) is 3. The molecular weight excluding hydrogens is 262 g/mol. The molecule has 0 N–H and O–H groups in total. The molecule has 1 aliphatic rings. The number of carbonyl (C=O) groups is 1. The molecule has 0 aliphatic carbocycles. The first kappa shape index (κ1) is 12.8. The van der Waals surface area contributed by atoms with Crippen LogP contribution in [0.2, 0.25) is 0 Å². The second-order valence-electron chi connectivity index (χ2n) is 4.45. The number of hydrogen-bond acceptors (Lipinski definition) is 3. The first-order chi connectivity index (χ1) is 10.3. The summed E-state index contributed by atoms with van der Waals surface area (Å²) in [6.45, 7) is 0. The van der Waals surface area contributed by atoms with Gasteiger partial charge in [-0.2, -0.15) is 5.26 Å². The van der Waals surface area contributed by atoms with Crippen molar-refractivity contribution >= 4 is 17.2 Å². The Morgan fingerprint density at radius 1 is 0.857 bits per heavy atom. The topological polar surface area (TPSA) is 67.3 Å². The van der Waals surface area contributed by atoms with Crippen LogP contribution < -0.4 is 5.43 Å². The average Bonchev–Trinajstić information content (AvgIpc) is 2.56. The maximum Gasteiger partial charge on any atom is 0.306 e. The van der Waals surface area contributed by atoms with E-state index in [4.69, 9.17) is 0 Å². The zero-order valence-electron chi connectivity index (χ0n) is 11.0. The fraction of sp³-hybridized carbons (Fsp3) is 0. The van der Waals surface area contributed by atoms with Crippen molar-refractivity contribution in [3.05, 3.63) is 77.4 Å². The molecule has 0 fully saturated rings. The summed E-state index contributed by atoms with van der Waals surface area (Å²) in [6, 6.07) is 20.7. The standard InChI is InChI=1S/C17H10N3O/c18-11-14-15(12-7-3-1-4-8-12)16(19-20-17(14)21)13-9-5-2-6-10-13/h1-10H. The van der Waals surface area contributed by atoms with Crippen LogP contribution in [0.3, 0.4) is 0 Å². The van der Waals surface area contributed by atoms with E-state index in [0.29, 0.717) is 11.3 Å². The summed E-state index contributed by atoms with van der Waals surface area (Å²) in [7, 11) is 0. The highest BCUT2D eigenvalue weighted by Gasteiger charge is 2.27. The molecule has 0 unspecified atom stereocenters. The van der Waals surface area contributed by atoms with Gasteiger partial charge in [-0.05, 0) is 5.56 Å². The van der Waals surface area contributed by atoms with Crippen molar-refractivity contribution in [3.8, 4) is 6.07 Å². The minimum atomic E-state index is -0.601. The van der Waals surface area contributed by atoms with Gasteiger partial charge in [-0.1, -0.05) is 60.7 Å². The lowest BCUT2D eigenvalue weighted by atomic mass is 9.91. The molecule has 0 atom stereocenters. The molecule has 0 saturated carbocycles. The van der Waals surface area contributed by atoms with Crippen LogP contribution in [0, 0.1) is 11.3 Å². The Morgan fingerprint density at radius 3 is 2.00 bits per heavy atom. The minimum Gasteiger partial charge on any atom is -0.264 e. The number of nitriles is 1. The molecule has 0 spiro atoms. The monoisotopic (exact) mass is 272 g/mol. The van der Waals surface area contributed by atoms with Crippen molar-refractivity contribution in [3.63, 3.8) is 0 Å². The van der Waals surface area contributed by atoms with Gasteiger partial charge in [0.2, 0.25) is 0 Å². The van der Waals surface area contributed by atoms with E-state index in [2.05, 4.69) is 10.5 Å². The molecule has 99 valence electrons. The summed E-state index contributed by atoms with van der Waals surface area (Å²) in [6.07, 6.45) is 0. The first-order valence-electron chi connectivity index (χ1n) is 6.40. The van der Waals surface area contributed by atoms with Crippen LogP contribution in [-0.2, 0) is 4.79 Å². The van der Waals surface area contributed by atoms with Crippen LogP contribution in [0.4, 0.5) is 0 Å². The summed E-state index contributed by atoms with van der Waals surface area (Å²) in [5.41, 5.74) is 6.28. The van der Waals surface area contributed by atoms with E-state index >= 15 is 0 Å². The molecule has 2 aromatic rings. The van der Waals surface area contributed by atoms with Gasteiger partial charge in [0.05, 0.1) is 0 Å². The second-order valence-corrected chi connectivity index (χ2v) is 4.45. The zero-order chi connectivity index (χ0) is 14.7. The fourth-order valence-electron chi connectivity index (χ4n) is 2.21. The summed E-state index contributed by atoms with van der Waals surface area (Å²) in [4.78, 5) is 11.8. The van der Waals surface area contributed by atoms with Gasteiger partial charge in [0.1, 0.15) is 17.4 Å². The van der Waals surface area contributed by atoms with Crippen molar-refractivity contribution in [2.24, 2.45) is 5.10 Å². The third kappa shape index (κ3) is 2.33. The Kier molecular flexibility index (Phi) is 3.32. The molecule has 4 heteroatoms. The van der Waals surface area contributed by atoms with Gasteiger partial charge in [0.25, 0.3) is 0 Å². The second kappa shape index (κ2) is 5.43. The lowest BCUT2D eigenvalue weighted by molar-refractivity contribution is -0.117. The van der Waals surface area contributed by atoms with Gasteiger partial charge < -0.3 is 0 Å². The molecule has 3 rings (SSSR count). The lowest BCUT2D eigenvalue weighted by Crippen LogP contribution is -2.24. The third-order valence-electron chi connectivity index (χ3n) is 3.16. The number of hydrogen-bond donors (Lipinski definition) is 0. The summed E-state index contributed by atoms with van der Waals surface area (Å²) in [5, 5.41) is 13.3. The third-order valence-corrected chi connectivity index (χ3v) is 3.16. The Balaban J connectivity index is 2.23. The molecule has 1 heterocycles. The molecular formula is C17H10N3O. The van der Waals surface area contributed by atoms with E-state index in [1.807, 2.05) is 66.7 Å². The van der Waals surface area contributed by atoms with Crippen LogP contribution >= 0.6 is 0 Å². The van der Waals surface area contributed by atoms with Crippen molar-refractivity contribution in [1.82, 2.24) is 5.43 Å². The predicted octanol–water partition coefficient (Wildman–Crippen LogP) is 2.51. The van der Waals surface area contributed by atoms with Gasteiger partial charge >= 0.3 is 5.91 Å². The molecule has 0 bridgehead atoms. The van der Waals surface area contributed by atoms with Crippen molar-refractivity contribution in [2.75, 3.05) is 0 Å². The van der Waals surface area contributed by atoms with Crippen LogP contribution in [0.25, 0.3) is 5.57 Å². The number of rotatable bonds is 2. The summed E-state index contributed by atoms with van der Waals surface area (Å²) in [5.74, 6) is -0.601. The predicted molar refractivity (Wildman–Crippen MR) is 79.1 cm³/mol. The van der Waals surface area contributed by atoms with E-state index in [-0.39, 0.29) is 5.57 Å². The Bertz CT molecular complexity index is 784. The Hall–Kier alpha value is -3.19. The largest absolute Gasteiger partial charge is 0.306 e. The molecule has 1 aliphatic heterocycles. The minimum absolute atomic E-state index is 0.0232. The van der Waals surface area contributed by atoms with Gasteiger partial charge in [0, 0.05) is 11.1 Å². The molecule has 0 aromatic heterocycles. The number of benzene rings is 2. The number of amides is 1. The molecule has 1 radical (unpaired) electrons. The van der Waals surface area contributed by atoms with E-state index in [0.717, 1.165) is 11.1 Å². The van der Waals surface area contributed by atoms with E-state index in [1.165, 1.54) is 0 Å². The highest BCUT2D eigenvalue weighted by atomic mass is 16.2. The van der Waals surface area contributed by atoms with Gasteiger partial charge in [-0.3, -0.25) is 4.79 Å². The highest BCUT2D eigenvalue weighted by molar-refractivity contribution is 6.37. The maximum atomic E-state index is 11.8.